The quantitative estimate of drug-likeness (QED) is 0.773. The summed E-state index contributed by atoms with van der Waals surface area (Å²) in [4.78, 5) is 6.73. The van der Waals surface area contributed by atoms with Crippen molar-refractivity contribution in [1.82, 2.24) is 4.98 Å². The van der Waals surface area contributed by atoms with Crippen molar-refractivity contribution >= 4 is 17.4 Å². The normalized spacial score (nSPS) is 19.6. The highest BCUT2D eigenvalue weighted by molar-refractivity contribution is 6.17. The molecule has 1 aliphatic rings. The summed E-state index contributed by atoms with van der Waals surface area (Å²) in [6.07, 6.45) is 2.69. The van der Waals surface area contributed by atoms with Crippen LogP contribution in [0, 0.1) is 6.92 Å². The van der Waals surface area contributed by atoms with Gasteiger partial charge in [-0.3, -0.25) is 0 Å². The van der Waals surface area contributed by atoms with Crippen LogP contribution in [-0.4, -0.2) is 31.3 Å². The van der Waals surface area contributed by atoms with Crippen molar-refractivity contribution in [2.75, 3.05) is 25.1 Å². The predicted molar refractivity (Wildman–Crippen MR) is 70.8 cm³/mol. The molecule has 3 nitrogen and oxygen atoms in total. The maximum Gasteiger partial charge on any atom is 0.128 e. The van der Waals surface area contributed by atoms with Gasteiger partial charge in [0.05, 0.1) is 6.10 Å². The summed E-state index contributed by atoms with van der Waals surface area (Å²) < 4.78 is 5.63. The minimum atomic E-state index is 0.356. The molecule has 1 saturated heterocycles. The number of nitrogens with zero attached hydrogens (tertiary/aromatic N) is 2. The lowest BCUT2D eigenvalue weighted by Gasteiger charge is -2.22. The predicted octanol–water partition coefficient (Wildman–Crippen LogP) is 2.74. The van der Waals surface area contributed by atoms with E-state index in [9.17, 15) is 0 Å². The number of anilines is 1. The zero-order valence-electron chi connectivity index (χ0n) is 10.4. The zero-order valence-corrected chi connectivity index (χ0v) is 11.2. The fraction of sp³-hybridized carbons (Fsp3) is 0.615. The molecule has 0 aromatic carbocycles. The fourth-order valence-corrected chi connectivity index (χ4v) is 2.40. The molecule has 0 N–H and O–H groups in total. The molecule has 2 heterocycles. The van der Waals surface area contributed by atoms with Crippen molar-refractivity contribution in [2.45, 2.75) is 31.7 Å². The lowest BCUT2D eigenvalue weighted by molar-refractivity contribution is 0.116. The molecular weight excluding hydrogens is 236 g/mol. The highest BCUT2D eigenvalue weighted by Gasteiger charge is 2.18. The number of halogens is 1. The summed E-state index contributed by atoms with van der Waals surface area (Å²) >= 11 is 5.83. The van der Waals surface area contributed by atoms with E-state index in [1.54, 1.807) is 0 Å². The topological polar surface area (TPSA) is 25.4 Å². The second-order valence-electron chi connectivity index (χ2n) is 4.56. The Hall–Kier alpha value is -0.800. The lowest BCUT2D eigenvalue weighted by atomic mass is 10.2. The van der Waals surface area contributed by atoms with E-state index in [4.69, 9.17) is 16.3 Å². The standard InChI is InChI=1S/C13H19ClN2O/c1-10-11(8-14)5-6-13(15-10)16(2)9-12-4-3-7-17-12/h5-6,12H,3-4,7-9H2,1-2H3. The summed E-state index contributed by atoms with van der Waals surface area (Å²) in [5.41, 5.74) is 2.11. The molecule has 4 heteroatoms. The van der Waals surface area contributed by atoms with Gasteiger partial charge in [0.25, 0.3) is 0 Å². The first-order valence-corrected chi connectivity index (χ1v) is 6.59. The molecule has 1 aliphatic heterocycles. The second kappa shape index (κ2) is 5.69. The van der Waals surface area contributed by atoms with Gasteiger partial charge >= 0.3 is 0 Å². The van der Waals surface area contributed by atoms with Gasteiger partial charge < -0.3 is 9.64 Å². The summed E-state index contributed by atoms with van der Waals surface area (Å²) in [6.45, 7) is 3.81. The summed E-state index contributed by atoms with van der Waals surface area (Å²) in [6, 6.07) is 4.08. The van der Waals surface area contributed by atoms with Gasteiger partial charge in [-0.05, 0) is 31.4 Å². The third kappa shape index (κ3) is 3.11. The third-order valence-corrected chi connectivity index (χ3v) is 3.51. The number of aryl methyl sites for hydroxylation is 1. The van der Waals surface area contributed by atoms with Crippen molar-refractivity contribution in [1.29, 1.82) is 0 Å². The molecule has 0 bridgehead atoms. The van der Waals surface area contributed by atoms with Crippen molar-refractivity contribution in [3.8, 4) is 0 Å². The SMILES string of the molecule is Cc1nc(N(C)CC2CCCO2)ccc1CCl. The van der Waals surface area contributed by atoms with Gasteiger partial charge in [-0.15, -0.1) is 11.6 Å². The Bertz CT molecular complexity index is 378. The number of rotatable bonds is 4. The van der Waals surface area contributed by atoms with Gasteiger partial charge in [-0.1, -0.05) is 6.07 Å². The Labute approximate surface area is 108 Å². The average molecular weight is 255 g/mol. The first-order chi connectivity index (χ1) is 8.20. The number of alkyl halides is 1. The van der Waals surface area contributed by atoms with Gasteiger partial charge in [0.1, 0.15) is 5.82 Å². The van der Waals surface area contributed by atoms with Crippen LogP contribution in [-0.2, 0) is 10.6 Å². The Morgan fingerprint density at radius 1 is 1.53 bits per heavy atom. The molecule has 17 heavy (non-hydrogen) atoms. The largest absolute Gasteiger partial charge is 0.376 e. The Kier molecular flexibility index (Phi) is 4.24. The molecule has 1 aromatic rings. The van der Waals surface area contributed by atoms with Crippen LogP contribution in [0.2, 0.25) is 0 Å². The maximum absolute atomic E-state index is 5.83. The highest BCUT2D eigenvalue weighted by Crippen LogP contribution is 2.18. The minimum absolute atomic E-state index is 0.356. The van der Waals surface area contributed by atoms with E-state index in [1.165, 1.54) is 6.42 Å². The smallest absolute Gasteiger partial charge is 0.128 e. The molecule has 1 unspecified atom stereocenters. The highest BCUT2D eigenvalue weighted by atomic mass is 35.5. The number of hydrogen-bond donors (Lipinski definition) is 0. The van der Waals surface area contributed by atoms with E-state index >= 15 is 0 Å². The van der Waals surface area contributed by atoms with E-state index in [-0.39, 0.29) is 0 Å². The van der Waals surface area contributed by atoms with Gasteiger partial charge in [0.2, 0.25) is 0 Å². The molecular formula is C13H19ClN2O. The number of pyridine rings is 1. The first kappa shape index (κ1) is 12.7. The average Bonchev–Trinajstić information content (AvgIpc) is 2.81. The van der Waals surface area contributed by atoms with Gasteiger partial charge in [-0.2, -0.15) is 0 Å². The molecule has 1 aromatic heterocycles. The number of aromatic nitrogens is 1. The van der Waals surface area contributed by atoms with Crippen molar-refractivity contribution in [3.63, 3.8) is 0 Å². The van der Waals surface area contributed by atoms with E-state index < -0.39 is 0 Å². The zero-order chi connectivity index (χ0) is 12.3. The maximum atomic E-state index is 5.83. The monoisotopic (exact) mass is 254 g/mol. The van der Waals surface area contributed by atoms with Gasteiger partial charge in [-0.25, -0.2) is 4.98 Å². The van der Waals surface area contributed by atoms with Gasteiger partial charge in [0, 0.05) is 31.8 Å². The number of hydrogen-bond acceptors (Lipinski definition) is 3. The van der Waals surface area contributed by atoms with E-state index in [2.05, 4.69) is 23.0 Å². The molecule has 0 aliphatic carbocycles. The van der Waals surface area contributed by atoms with Crippen LogP contribution in [0.3, 0.4) is 0 Å². The van der Waals surface area contributed by atoms with Crippen LogP contribution in [0.15, 0.2) is 12.1 Å². The molecule has 94 valence electrons. The van der Waals surface area contributed by atoms with E-state index in [1.807, 2.05) is 13.0 Å². The Morgan fingerprint density at radius 2 is 2.35 bits per heavy atom. The molecule has 0 radical (unpaired) electrons. The molecule has 1 atom stereocenters. The second-order valence-corrected chi connectivity index (χ2v) is 4.83. The van der Waals surface area contributed by atoms with E-state index in [0.717, 1.165) is 36.6 Å². The Balaban J connectivity index is 2.02. The lowest BCUT2D eigenvalue weighted by Crippen LogP contribution is -2.29. The third-order valence-electron chi connectivity index (χ3n) is 3.22. The number of ether oxygens (including phenoxy) is 1. The molecule has 2 rings (SSSR count). The van der Waals surface area contributed by atoms with Crippen molar-refractivity contribution < 1.29 is 4.74 Å². The van der Waals surface area contributed by atoms with Crippen LogP contribution in [0.1, 0.15) is 24.1 Å². The molecule has 0 saturated carbocycles. The molecule has 0 spiro atoms. The molecule has 0 amide bonds. The van der Waals surface area contributed by atoms with Crippen molar-refractivity contribution in [2.24, 2.45) is 0 Å². The van der Waals surface area contributed by atoms with Crippen LogP contribution >= 0.6 is 11.6 Å². The molecule has 1 fully saturated rings. The van der Waals surface area contributed by atoms with Gasteiger partial charge in [0.15, 0.2) is 0 Å². The summed E-state index contributed by atoms with van der Waals surface area (Å²) in [5, 5.41) is 0. The Morgan fingerprint density at radius 3 is 2.94 bits per heavy atom. The summed E-state index contributed by atoms with van der Waals surface area (Å²) in [5.74, 6) is 1.51. The van der Waals surface area contributed by atoms with Crippen LogP contribution < -0.4 is 4.90 Å². The van der Waals surface area contributed by atoms with Crippen LogP contribution in [0.25, 0.3) is 0 Å². The fourth-order valence-electron chi connectivity index (χ4n) is 2.12. The first-order valence-electron chi connectivity index (χ1n) is 6.06. The summed E-state index contributed by atoms with van der Waals surface area (Å²) in [7, 11) is 2.06. The van der Waals surface area contributed by atoms with E-state index in [0.29, 0.717) is 12.0 Å². The number of likely N-dealkylation sites (N-methyl/N-ethyl adjacent to an activating group) is 1. The van der Waals surface area contributed by atoms with Crippen molar-refractivity contribution in [3.05, 3.63) is 23.4 Å². The van der Waals surface area contributed by atoms with Crippen LogP contribution in [0.5, 0.6) is 0 Å². The minimum Gasteiger partial charge on any atom is -0.376 e. The van der Waals surface area contributed by atoms with Crippen LogP contribution in [0.4, 0.5) is 5.82 Å².